The number of hydrogen-bond donors (Lipinski definition) is 0. The summed E-state index contributed by atoms with van der Waals surface area (Å²) in [5.74, 6) is 2.38. The average molecular weight is 256 g/mol. The Morgan fingerprint density at radius 2 is 2.24 bits per heavy atom. The van der Waals surface area contributed by atoms with E-state index >= 15 is 0 Å². The van der Waals surface area contributed by atoms with Gasteiger partial charge in [0.15, 0.2) is 5.82 Å². The minimum atomic E-state index is 0.397. The van der Waals surface area contributed by atoms with Crippen molar-refractivity contribution in [1.29, 1.82) is 0 Å². The minimum Gasteiger partial charge on any atom is -0.377 e. The van der Waals surface area contributed by atoms with Gasteiger partial charge in [0.2, 0.25) is 0 Å². The van der Waals surface area contributed by atoms with Crippen molar-refractivity contribution in [3.8, 4) is 0 Å². The van der Waals surface area contributed by atoms with Crippen LogP contribution < -0.4 is 4.90 Å². The molecule has 4 nitrogen and oxygen atoms in total. The fourth-order valence-electron chi connectivity index (χ4n) is 1.80. The van der Waals surface area contributed by atoms with E-state index in [9.17, 15) is 0 Å². The lowest BCUT2D eigenvalue weighted by atomic mass is 10.3. The lowest BCUT2D eigenvalue weighted by Crippen LogP contribution is -2.26. The molecule has 5 heteroatoms. The number of hydrogen-bond acceptors (Lipinski definition) is 4. The van der Waals surface area contributed by atoms with Gasteiger partial charge in [-0.15, -0.1) is 0 Å². The Bertz CT molecular complexity index is 382. The molecule has 1 saturated carbocycles. The molecule has 0 N–H and O–H groups in total. The predicted octanol–water partition coefficient (Wildman–Crippen LogP) is 2.51. The third-order valence-corrected chi connectivity index (χ3v) is 3.08. The first-order valence-corrected chi connectivity index (χ1v) is 6.38. The lowest BCUT2D eigenvalue weighted by Gasteiger charge is -2.22. The quantitative estimate of drug-likeness (QED) is 0.732. The van der Waals surface area contributed by atoms with E-state index in [4.69, 9.17) is 16.3 Å². The maximum Gasteiger partial charge on any atom is 0.158 e. The third kappa shape index (κ3) is 3.54. The van der Waals surface area contributed by atoms with Crippen LogP contribution >= 0.6 is 11.6 Å². The zero-order valence-corrected chi connectivity index (χ0v) is 11.1. The van der Waals surface area contributed by atoms with Crippen LogP contribution in [0.4, 0.5) is 5.82 Å². The van der Waals surface area contributed by atoms with E-state index in [-0.39, 0.29) is 0 Å². The van der Waals surface area contributed by atoms with Crippen LogP contribution in [0, 0.1) is 5.92 Å². The summed E-state index contributed by atoms with van der Waals surface area (Å²) < 4.78 is 5.04. The first-order chi connectivity index (χ1) is 8.22. The highest BCUT2D eigenvalue weighted by atomic mass is 35.5. The van der Waals surface area contributed by atoms with Gasteiger partial charge in [-0.25, -0.2) is 9.97 Å². The van der Waals surface area contributed by atoms with E-state index in [1.165, 1.54) is 12.8 Å². The number of anilines is 1. The summed E-state index contributed by atoms with van der Waals surface area (Å²) in [5.41, 5.74) is 0. The third-order valence-electron chi connectivity index (χ3n) is 2.88. The van der Waals surface area contributed by atoms with Gasteiger partial charge in [0.1, 0.15) is 17.6 Å². The largest absolute Gasteiger partial charge is 0.377 e. The van der Waals surface area contributed by atoms with E-state index in [0.717, 1.165) is 24.8 Å². The van der Waals surface area contributed by atoms with Crippen LogP contribution in [0.15, 0.2) is 6.07 Å². The molecule has 1 aromatic rings. The molecular weight excluding hydrogens is 238 g/mol. The lowest BCUT2D eigenvalue weighted by molar-refractivity contribution is 0.178. The summed E-state index contributed by atoms with van der Waals surface area (Å²) in [6.07, 6.45) is 2.67. The maximum absolute atomic E-state index is 6.01. The molecule has 17 heavy (non-hydrogen) atoms. The first kappa shape index (κ1) is 12.6. The summed E-state index contributed by atoms with van der Waals surface area (Å²) >= 11 is 6.01. The van der Waals surface area contributed by atoms with Gasteiger partial charge in [-0.2, -0.15) is 0 Å². The number of nitrogens with zero attached hydrogens (tertiary/aromatic N) is 3. The van der Waals surface area contributed by atoms with Crippen molar-refractivity contribution in [2.75, 3.05) is 25.1 Å². The molecule has 0 atom stereocenters. The smallest absolute Gasteiger partial charge is 0.158 e. The minimum absolute atomic E-state index is 0.397. The second-order valence-electron chi connectivity index (χ2n) is 4.38. The van der Waals surface area contributed by atoms with E-state index in [1.807, 2.05) is 6.07 Å². The summed E-state index contributed by atoms with van der Waals surface area (Å²) in [5, 5.41) is 0.483. The van der Waals surface area contributed by atoms with Gasteiger partial charge in [0.05, 0.1) is 0 Å². The number of methoxy groups -OCH3 is 1. The molecule has 1 aromatic heterocycles. The second kappa shape index (κ2) is 5.65. The Kier molecular flexibility index (Phi) is 4.18. The number of aromatic nitrogens is 2. The van der Waals surface area contributed by atoms with Crippen LogP contribution in [-0.2, 0) is 11.3 Å². The standard InChI is InChI=1S/C12H18ClN3O/c1-3-16(7-9-4-5-9)12-6-10(13)14-11(15-12)8-17-2/h6,9H,3-5,7-8H2,1-2H3. The summed E-state index contributed by atoms with van der Waals surface area (Å²) in [7, 11) is 1.63. The zero-order chi connectivity index (χ0) is 12.3. The van der Waals surface area contributed by atoms with Crippen molar-refractivity contribution in [3.05, 3.63) is 17.0 Å². The summed E-state index contributed by atoms with van der Waals surface area (Å²) in [4.78, 5) is 10.9. The van der Waals surface area contributed by atoms with Crippen molar-refractivity contribution in [3.63, 3.8) is 0 Å². The monoisotopic (exact) mass is 255 g/mol. The molecule has 1 fully saturated rings. The second-order valence-corrected chi connectivity index (χ2v) is 4.77. The first-order valence-electron chi connectivity index (χ1n) is 6.00. The fraction of sp³-hybridized carbons (Fsp3) is 0.667. The average Bonchev–Trinajstić information content (AvgIpc) is 3.09. The van der Waals surface area contributed by atoms with Crippen LogP contribution in [0.5, 0.6) is 0 Å². The topological polar surface area (TPSA) is 38.2 Å². The van der Waals surface area contributed by atoms with E-state index in [2.05, 4.69) is 21.8 Å². The Labute approximate surface area is 107 Å². The molecular formula is C12H18ClN3O. The molecule has 2 rings (SSSR count). The van der Waals surface area contributed by atoms with Crippen LogP contribution in [0.2, 0.25) is 5.15 Å². The SMILES string of the molecule is CCN(CC1CC1)c1cc(Cl)nc(COC)n1. The van der Waals surface area contributed by atoms with Gasteiger partial charge in [0.25, 0.3) is 0 Å². The molecule has 0 saturated heterocycles. The van der Waals surface area contributed by atoms with Crippen molar-refractivity contribution < 1.29 is 4.74 Å². The van der Waals surface area contributed by atoms with Crippen molar-refractivity contribution in [2.24, 2.45) is 5.92 Å². The molecule has 1 heterocycles. The van der Waals surface area contributed by atoms with Gasteiger partial charge in [-0.1, -0.05) is 11.6 Å². The van der Waals surface area contributed by atoms with Crippen molar-refractivity contribution >= 4 is 17.4 Å². The molecule has 1 aliphatic carbocycles. The Balaban J connectivity index is 2.15. The van der Waals surface area contributed by atoms with Crippen LogP contribution in [0.25, 0.3) is 0 Å². The van der Waals surface area contributed by atoms with E-state index in [1.54, 1.807) is 7.11 Å². The number of rotatable bonds is 6. The highest BCUT2D eigenvalue weighted by molar-refractivity contribution is 6.29. The van der Waals surface area contributed by atoms with Crippen LogP contribution in [0.3, 0.4) is 0 Å². The molecule has 0 amide bonds. The molecule has 0 radical (unpaired) electrons. The van der Waals surface area contributed by atoms with E-state index < -0.39 is 0 Å². The molecule has 0 spiro atoms. The normalized spacial score (nSPS) is 15.0. The van der Waals surface area contributed by atoms with E-state index in [0.29, 0.717) is 17.6 Å². The molecule has 94 valence electrons. The number of halogens is 1. The van der Waals surface area contributed by atoms with Crippen LogP contribution in [-0.4, -0.2) is 30.2 Å². The highest BCUT2D eigenvalue weighted by Crippen LogP contribution is 2.31. The predicted molar refractivity (Wildman–Crippen MR) is 68.4 cm³/mol. The Morgan fingerprint density at radius 1 is 1.47 bits per heavy atom. The Morgan fingerprint density at radius 3 is 2.82 bits per heavy atom. The van der Waals surface area contributed by atoms with Crippen LogP contribution in [0.1, 0.15) is 25.6 Å². The summed E-state index contributed by atoms with van der Waals surface area (Å²) in [6, 6.07) is 1.83. The molecule has 0 bridgehead atoms. The zero-order valence-electron chi connectivity index (χ0n) is 10.3. The van der Waals surface area contributed by atoms with Gasteiger partial charge in [-0.05, 0) is 25.7 Å². The number of ether oxygens (including phenoxy) is 1. The van der Waals surface area contributed by atoms with Crippen molar-refractivity contribution in [2.45, 2.75) is 26.4 Å². The molecule has 0 aromatic carbocycles. The fourth-order valence-corrected chi connectivity index (χ4v) is 2.00. The van der Waals surface area contributed by atoms with Gasteiger partial charge >= 0.3 is 0 Å². The molecule has 0 aliphatic heterocycles. The summed E-state index contributed by atoms with van der Waals surface area (Å²) in [6.45, 7) is 4.54. The Hall–Kier alpha value is -0.870. The van der Waals surface area contributed by atoms with Gasteiger partial charge in [-0.3, -0.25) is 0 Å². The van der Waals surface area contributed by atoms with Crippen molar-refractivity contribution in [1.82, 2.24) is 9.97 Å². The maximum atomic E-state index is 6.01. The molecule has 1 aliphatic rings. The van der Waals surface area contributed by atoms with Gasteiger partial charge in [0, 0.05) is 26.3 Å². The van der Waals surface area contributed by atoms with Gasteiger partial charge < -0.3 is 9.64 Å². The molecule has 0 unspecified atom stereocenters. The highest BCUT2D eigenvalue weighted by Gasteiger charge is 2.24.